The maximum absolute atomic E-state index is 12.7. The van der Waals surface area contributed by atoms with Crippen LogP contribution in [0.25, 0.3) is 11.0 Å². The molecular weight excluding hydrogens is 312 g/mol. The second-order valence-electron chi connectivity index (χ2n) is 6.33. The van der Waals surface area contributed by atoms with E-state index in [2.05, 4.69) is 21.9 Å². The van der Waals surface area contributed by atoms with Crippen LogP contribution in [0.5, 0.6) is 0 Å². The van der Waals surface area contributed by atoms with Crippen LogP contribution in [0.15, 0.2) is 29.4 Å². The molecule has 1 aliphatic carbocycles. The van der Waals surface area contributed by atoms with Gasteiger partial charge in [0.1, 0.15) is 0 Å². The molecule has 7 heteroatoms. The zero-order valence-electron chi connectivity index (χ0n) is 13.7. The molecule has 2 aromatic rings. The lowest BCUT2D eigenvalue weighted by molar-refractivity contribution is 0.233. The molecule has 0 atom stereocenters. The zero-order chi connectivity index (χ0) is 16.4. The van der Waals surface area contributed by atoms with Crippen LogP contribution in [0, 0.1) is 0 Å². The maximum Gasteiger partial charge on any atom is 0.242 e. The predicted molar refractivity (Wildman–Crippen MR) is 90.8 cm³/mol. The maximum atomic E-state index is 12.7. The molecule has 0 aliphatic heterocycles. The lowest BCUT2D eigenvalue weighted by Gasteiger charge is -2.26. The van der Waals surface area contributed by atoms with Gasteiger partial charge in [-0.1, -0.05) is 12.8 Å². The summed E-state index contributed by atoms with van der Waals surface area (Å²) in [7, 11) is 0.270. The molecule has 0 bridgehead atoms. The van der Waals surface area contributed by atoms with Crippen molar-refractivity contribution < 1.29 is 8.42 Å². The van der Waals surface area contributed by atoms with Crippen molar-refractivity contribution in [3.63, 3.8) is 0 Å². The van der Waals surface area contributed by atoms with Crippen LogP contribution in [0.1, 0.15) is 25.7 Å². The van der Waals surface area contributed by atoms with Crippen molar-refractivity contribution in [3.8, 4) is 0 Å². The second kappa shape index (κ2) is 6.59. The Bertz CT molecular complexity index is 765. The number of nitrogens with one attached hydrogen (secondary N) is 1. The first-order chi connectivity index (χ1) is 11.0. The number of aromatic nitrogens is 2. The lowest BCUT2D eigenvalue weighted by Crippen LogP contribution is -2.38. The van der Waals surface area contributed by atoms with Gasteiger partial charge in [0, 0.05) is 26.2 Å². The first-order valence-electron chi connectivity index (χ1n) is 8.08. The van der Waals surface area contributed by atoms with E-state index in [-0.39, 0.29) is 0 Å². The Kier molecular flexibility index (Phi) is 4.70. The third kappa shape index (κ3) is 3.41. The average molecular weight is 336 g/mol. The number of H-pyrrole nitrogens is 1. The standard InChI is InChI=1S/C16H24N4O2S/c1-19(13-5-3-4-6-13)9-10-20(2)23(21,22)14-7-8-15-16(11-14)18-12-17-15/h7-8,11-13H,3-6,9-10H2,1-2H3,(H,17,18). The Morgan fingerprint density at radius 2 is 1.96 bits per heavy atom. The summed E-state index contributed by atoms with van der Waals surface area (Å²) in [6.07, 6.45) is 6.59. The first kappa shape index (κ1) is 16.4. The number of rotatable bonds is 6. The minimum atomic E-state index is -3.47. The quantitative estimate of drug-likeness (QED) is 0.877. The summed E-state index contributed by atoms with van der Waals surface area (Å²) in [5.41, 5.74) is 1.51. The summed E-state index contributed by atoms with van der Waals surface area (Å²) < 4.78 is 26.8. The molecule has 1 aromatic carbocycles. The number of likely N-dealkylation sites (N-methyl/N-ethyl adjacent to an activating group) is 2. The van der Waals surface area contributed by atoms with Crippen molar-refractivity contribution in [2.45, 2.75) is 36.6 Å². The minimum absolute atomic E-state index is 0.306. The van der Waals surface area contributed by atoms with Crippen molar-refractivity contribution in [3.05, 3.63) is 24.5 Å². The Balaban J connectivity index is 1.68. The van der Waals surface area contributed by atoms with Gasteiger partial charge in [0.05, 0.1) is 22.3 Å². The van der Waals surface area contributed by atoms with E-state index in [9.17, 15) is 8.42 Å². The van der Waals surface area contributed by atoms with E-state index in [1.54, 1.807) is 31.6 Å². The van der Waals surface area contributed by atoms with Crippen LogP contribution < -0.4 is 0 Å². The molecule has 0 amide bonds. The molecule has 0 saturated heterocycles. The van der Waals surface area contributed by atoms with Gasteiger partial charge in [0.2, 0.25) is 10.0 Å². The van der Waals surface area contributed by atoms with Crippen molar-refractivity contribution >= 4 is 21.1 Å². The Labute approximate surface area is 137 Å². The molecule has 1 N–H and O–H groups in total. The topological polar surface area (TPSA) is 69.3 Å². The minimum Gasteiger partial charge on any atom is -0.345 e. The normalized spacial score (nSPS) is 16.9. The number of hydrogen-bond donors (Lipinski definition) is 1. The molecule has 0 spiro atoms. The third-order valence-corrected chi connectivity index (χ3v) is 6.67. The number of sulfonamides is 1. The summed E-state index contributed by atoms with van der Waals surface area (Å²) >= 11 is 0. The van der Waals surface area contributed by atoms with E-state index in [0.717, 1.165) is 17.6 Å². The molecule has 1 saturated carbocycles. The Hall–Kier alpha value is -1.44. The van der Waals surface area contributed by atoms with E-state index in [0.29, 0.717) is 17.5 Å². The van der Waals surface area contributed by atoms with Crippen molar-refractivity contribution in [2.24, 2.45) is 0 Å². The van der Waals surface area contributed by atoms with Crippen LogP contribution in [0.4, 0.5) is 0 Å². The number of imidazole rings is 1. The zero-order valence-corrected chi connectivity index (χ0v) is 14.5. The van der Waals surface area contributed by atoms with Crippen LogP contribution in [0.3, 0.4) is 0 Å². The number of benzene rings is 1. The fourth-order valence-corrected chi connectivity index (χ4v) is 4.39. The number of aromatic amines is 1. The number of nitrogens with zero attached hydrogens (tertiary/aromatic N) is 3. The van der Waals surface area contributed by atoms with Gasteiger partial charge in [-0.15, -0.1) is 0 Å². The van der Waals surface area contributed by atoms with Gasteiger partial charge in [-0.2, -0.15) is 4.31 Å². The number of hydrogen-bond acceptors (Lipinski definition) is 4. The van der Waals surface area contributed by atoms with Crippen LogP contribution in [-0.4, -0.2) is 60.8 Å². The lowest BCUT2D eigenvalue weighted by atomic mass is 10.2. The van der Waals surface area contributed by atoms with E-state index < -0.39 is 10.0 Å². The van der Waals surface area contributed by atoms with Crippen molar-refractivity contribution in [2.75, 3.05) is 27.2 Å². The van der Waals surface area contributed by atoms with Gasteiger partial charge in [0.25, 0.3) is 0 Å². The molecular formula is C16H24N4O2S. The van der Waals surface area contributed by atoms with E-state index in [1.807, 2.05) is 0 Å². The first-order valence-corrected chi connectivity index (χ1v) is 9.52. The highest BCUT2D eigenvalue weighted by Gasteiger charge is 2.24. The fraction of sp³-hybridized carbons (Fsp3) is 0.562. The molecule has 1 heterocycles. The smallest absolute Gasteiger partial charge is 0.242 e. The summed E-state index contributed by atoms with van der Waals surface area (Å²) in [6.45, 7) is 1.25. The molecule has 1 fully saturated rings. The molecule has 0 unspecified atom stereocenters. The van der Waals surface area contributed by atoms with Gasteiger partial charge in [-0.25, -0.2) is 13.4 Å². The van der Waals surface area contributed by atoms with Crippen LogP contribution >= 0.6 is 0 Å². The summed E-state index contributed by atoms with van der Waals surface area (Å²) in [5.74, 6) is 0. The molecule has 1 aromatic heterocycles. The highest BCUT2D eigenvalue weighted by atomic mass is 32.2. The van der Waals surface area contributed by atoms with E-state index in [1.165, 1.54) is 30.0 Å². The van der Waals surface area contributed by atoms with Gasteiger partial charge in [-0.3, -0.25) is 0 Å². The molecule has 23 heavy (non-hydrogen) atoms. The molecule has 0 radical (unpaired) electrons. The SMILES string of the molecule is CN(CCN(C)S(=O)(=O)c1ccc2nc[nH]c2c1)C1CCCC1. The van der Waals surface area contributed by atoms with Gasteiger partial charge >= 0.3 is 0 Å². The Morgan fingerprint density at radius 3 is 2.70 bits per heavy atom. The summed E-state index contributed by atoms with van der Waals surface area (Å²) in [5, 5.41) is 0. The number of fused-ring (bicyclic) bond motifs is 1. The highest BCUT2D eigenvalue weighted by molar-refractivity contribution is 7.89. The van der Waals surface area contributed by atoms with Gasteiger partial charge in [0.15, 0.2) is 0 Å². The van der Waals surface area contributed by atoms with Crippen molar-refractivity contribution in [1.82, 2.24) is 19.2 Å². The van der Waals surface area contributed by atoms with Gasteiger partial charge in [-0.05, 0) is 38.1 Å². The Morgan fingerprint density at radius 1 is 1.22 bits per heavy atom. The predicted octanol–water partition coefficient (Wildman–Crippen LogP) is 2.06. The van der Waals surface area contributed by atoms with E-state index in [4.69, 9.17) is 0 Å². The molecule has 126 valence electrons. The van der Waals surface area contributed by atoms with Crippen LogP contribution in [-0.2, 0) is 10.0 Å². The fourth-order valence-electron chi connectivity index (χ4n) is 3.20. The monoisotopic (exact) mass is 336 g/mol. The average Bonchev–Trinajstić information content (AvgIpc) is 3.22. The third-order valence-electron chi connectivity index (χ3n) is 4.82. The molecule has 6 nitrogen and oxygen atoms in total. The van der Waals surface area contributed by atoms with Gasteiger partial charge < -0.3 is 9.88 Å². The van der Waals surface area contributed by atoms with Crippen LogP contribution in [0.2, 0.25) is 0 Å². The summed E-state index contributed by atoms with van der Waals surface area (Å²) in [6, 6.07) is 5.61. The molecule has 1 aliphatic rings. The van der Waals surface area contributed by atoms with E-state index >= 15 is 0 Å². The highest BCUT2D eigenvalue weighted by Crippen LogP contribution is 2.23. The summed E-state index contributed by atoms with van der Waals surface area (Å²) in [4.78, 5) is 9.67. The second-order valence-corrected chi connectivity index (χ2v) is 8.37. The molecule has 3 rings (SSSR count). The van der Waals surface area contributed by atoms with Crippen molar-refractivity contribution in [1.29, 1.82) is 0 Å². The largest absolute Gasteiger partial charge is 0.345 e.